The standard InChI is InChI=1S/C11H12N4O/c12-11-8-3-1-2-4-10(8)16-5-9(11)15-7-13-6-14-15/h1-4,6-7,9,11H,5,12H2. The molecule has 0 aliphatic carbocycles. The van der Waals surface area contributed by atoms with Gasteiger partial charge < -0.3 is 10.5 Å². The van der Waals surface area contributed by atoms with Gasteiger partial charge in [0.25, 0.3) is 0 Å². The van der Waals surface area contributed by atoms with Crippen molar-refractivity contribution in [3.63, 3.8) is 0 Å². The number of aromatic nitrogens is 3. The van der Waals surface area contributed by atoms with Gasteiger partial charge in [-0.1, -0.05) is 18.2 Å². The minimum atomic E-state index is -0.105. The molecule has 2 aromatic rings. The lowest BCUT2D eigenvalue weighted by Crippen LogP contribution is -2.33. The van der Waals surface area contributed by atoms with Gasteiger partial charge in [0.05, 0.1) is 6.04 Å². The summed E-state index contributed by atoms with van der Waals surface area (Å²) in [7, 11) is 0. The summed E-state index contributed by atoms with van der Waals surface area (Å²) in [5.74, 6) is 0.867. The highest BCUT2D eigenvalue weighted by atomic mass is 16.5. The van der Waals surface area contributed by atoms with E-state index in [-0.39, 0.29) is 12.1 Å². The third kappa shape index (κ3) is 1.37. The lowest BCUT2D eigenvalue weighted by molar-refractivity contribution is 0.187. The molecule has 0 saturated heterocycles. The third-order valence-corrected chi connectivity index (χ3v) is 2.88. The second kappa shape index (κ2) is 3.61. The molecule has 16 heavy (non-hydrogen) atoms. The molecule has 0 radical (unpaired) electrons. The number of benzene rings is 1. The van der Waals surface area contributed by atoms with Crippen LogP contribution in [-0.4, -0.2) is 21.4 Å². The van der Waals surface area contributed by atoms with Crippen molar-refractivity contribution in [2.24, 2.45) is 5.73 Å². The molecule has 5 heteroatoms. The van der Waals surface area contributed by atoms with Gasteiger partial charge in [-0.25, -0.2) is 9.67 Å². The van der Waals surface area contributed by atoms with Crippen molar-refractivity contribution in [2.75, 3.05) is 6.61 Å². The Balaban J connectivity index is 1.98. The molecule has 5 nitrogen and oxygen atoms in total. The minimum Gasteiger partial charge on any atom is -0.491 e. The number of rotatable bonds is 1. The Bertz CT molecular complexity index is 482. The van der Waals surface area contributed by atoms with Crippen LogP contribution in [0.25, 0.3) is 0 Å². The van der Waals surface area contributed by atoms with Crippen LogP contribution in [0.15, 0.2) is 36.9 Å². The van der Waals surface area contributed by atoms with Crippen molar-refractivity contribution < 1.29 is 4.74 Å². The second-order valence-electron chi connectivity index (χ2n) is 3.82. The van der Waals surface area contributed by atoms with Crippen LogP contribution in [0.1, 0.15) is 17.6 Å². The Labute approximate surface area is 92.9 Å². The van der Waals surface area contributed by atoms with Gasteiger partial charge in [0.15, 0.2) is 0 Å². The largest absolute Gasteiger partial charge is 0.491 e. The van der Waals surface area contributed by atoms with Crippen LogP contribution >= 0.6 is 0 Å². The van der Waals surface area contributed by atoms with Crippen LogP contribution in [-0.2, 0) is 0 Å². The molecule has 0 spiro atoms. The first-order valence-electron chi connectivity index (χ1n) is 5.17. The van der Waals surface area contributed by atoms with Crippen molar-refractivity contribution in [3.8, 4) is 5.75 Å². The molecule has 2 N–H and O–H groups in total. The first kappa shape index (κ1) is 9.35. The molecule has 0 saturated carbocycles. The van der Waals surface area contributed by atoms with E-state index in [0.29, 0.717) is 6.61 Å². The Morgan fingerprint density at radius 2 is 2.25 bits per heavy atom. The molecule has 2 heterocycles. The lowest BCUT2D eigenvalue weighted by atomic mass is 9.97. The van der Waals surface area contributed by atoms with E-state index in [2.05, 4.69) is 10.1 Å². The van der Waals surface area contributed by atoms with Gasteiger partial charge in [0.2, 0.25) is 0 Å². The summed E-state index contributed by atoms with van der Waals surface area (Å²) in [6.07, 6.45) is 3.18. The number of hydrogen-bond acceptors (Lipinski definition) is 4. The van der Waals surface area contributed by atoms with Crippen molar-refractivity contribution in [2.45, 2.75) is 12.1 Å². The van der Waals surface area contributed by atoms with E-state index in [1.807, 2.05) is 24.3 Å². The number of para-hydroxylation sites is 1. The average Bonchev–Trinajstić information content (AvgIpc) is 2.83. The molecule has 2 atom stereocenters. The molecular weight excluding hydrogens is 204 g/mol. The van der Waals surface area contributed by atoms with Gasteiger partial charge >= 0.3 is 0 Å². The maximum absolute atomic E-state index is 6.21. The van der Waals surface area contributed by atoms with Crippen LogP contribution in [0.2, 0.25) is 0 Å². The fraction of sp³-hybridized carbons (Fsp3) is 0.273. The van der Waals surface area contributed by atoms with E-state index in [1.165, 1.54) is 6.33 Å². The zero-order valence-electron chi connectivity index (χ0n) is 8.65. The first-order chi connectivity index (χ1) is 7.86. The third-order valence-electron chi connectivity index (χ3n) is 2.88. The zero-order valence-corrected chi connectivity index (χ0v) is 8.65. The molecule has 0 fully saturated rings. The van der Waals surface area contributed by atoms with Crippen LogP contribution in [0, 0.1) is 0 Å². The predicted molar refractivity (Wildman–Crippen MR) is 57.9 cm³/mol. The fourth-order valence-corrected chi connectivity index (χ4v) is 2.00. The molecule has 1 aliphatic rings. The molecule has 0 amide bonds. The Kier molecular flexibility index (Phi) is 2.11. The first-order valence-corrected chi connectivity index (χ1v) is 5.17. The number of ether oxygens (including phenoxy) is 1. The van der Waals surface area contributed by atoms with Gasteiger partial charge in [-0.15, -0.1) is 0 Å². The summed E-state index contributed by atoms with van der Waals surface area (Å²) in [6.45, 7) is 0.529. The summed E-state index contributed by atoms with van der Waals surface area (Å²) in [6, 6.07) is 7.74. The highest BCUT2D eigenvalue weighted by Gasteiger charge is 2.29. The second-order valence-corrected chi connectivity index (χ2v) is 3.82. The number of nitrogens with two attached hydrogens (primary N) is 1. The van der Waals surface area contributed by atoms with Gasteiger partial charge in [-0.3, -0.25) is 0 Å². The Morgan fingerprint density at radius 1 is 1.38 bits per heavy atom. The smallest absolute Gasteiger partial charge is 0.137 e. The van der Waals surface area contributed by atoms with E-state index >= 15 is 0 Å². The summed E-state index contributed by atoms with van der Waals surface area (Å²) in [5, 5.41) is 4.11. The van der Waals surface area contributed by atoms with E-state index in [9.17, 15) is 0 Å². The van der Waals surface area contributed by atoms with E-state index in [1.54, 1.807) is 11.0 Å². The number of hydrogen-bond donors (Lipinski definition) is 1. The summed E-state index contributed by atoms with van der Waals surface area (Å²) < 4.78 is 7.41. The van der Waals surface area contributed by atoms with Crippen LogP contribution in [0.3, 0.4) is 0 Å². The number of fused-ring (bicyclic) bond motifs is 1. The lowest BCUT2D eigenvalue weighted by Gasteiger charge is -2.30. The average molecular weight is 216 g/mol. The van der Waals surface area contributed by atoms with Crippen LogP contribution in [0.5, 0.6) is 5.75 Å². The van der Waals surface area contributed by atoms with E-state index in [0.717, 1.165) is 11.3 Å². The Morgan fingerprint density at radius 3 is 3.06 bits per heavy atom. The zero-order chi connectivity index (χ0) is 11.0. The summed E-state index contributed by atoms with van der Waals surface area (Å²) >= 11 is 0. The summed E-state index contributed by atoms with van der Waals surface area (Å²) in [4.78, 5) is 3.93. The normalized spacial score (nSPS) is 23.6. The Hall–Kier alpha value is -1.88. The van der Waals surface area contributed by atoms with Crippen LogP contribution in [0.4, 0.5) is 0 Å². The molecule has 1 aliphatic heterocycles. The van der Waals surface area contributed by atoms with Crippen LogP contribution < -0.4 is 10.5 Å². The van der Waals surface area contributed by atoms with E-state index in [4.69, 9.17) is 10.5 Å². The van der Waals surface area contributed by atoms with Gasteiger partial charge in [-0.05, 0) is 6.07 Å². The molecule has 1 aromatic carbocycles. The maximum Gasteiger partial charge on any atom is 0.137 e. The van der Waals surface area contributed by atoms with Crippen molar-refractivity contribution in [1.29, 1.82) is 0 Å². The van der Waals surface area contributed by atoms with Crippen molar-refractivity contribution in [1.82, 2.24) is 14.8 Å². The molecular formula is C11H12N4O. The number of nitrogens with zero attached hydrogens (tertiary/aromatic N) is 3. The molecule has 82 valence electrons. The molecule has 2 unspecified atom stereocenters. The van der Waals surface area contributed by atoms with Crippen molar-refractivity contribution >= 4 is 0 Å². The maximum atomic E-state index is 6.21. The highest BCUT2D eigenvalue weighted by molar-refractivity contribution is 5.38. The quantitative estimate of drug-likeness (QED) is 0.769. The molecule has 1 aromatic heterocycles. The molecule has 0 bridgehead atoms. The SMILES string of the molecule is NC1c2ccccc2OCC1n1cncn1. The fourth-order valence-electron chi connectivity index (χ4n) is 2.00. The topological polar surface area (TPSA) is 66.0 Å². The summed E-state index contributed by atoms with van der Waals surface area (Å²) in [5.41, 5.74) is 7.24. The van der Waals surface area contributed by atoms with E-state index < -0.39 is 0 Å². The monoisotopic (exact) mass is 216 g/mol. The molecule has 3 rings (SSSR count). The van der Waals surface area contributed by atoms with Gasteiger partial charge in [0.1, 0.15) is 31.1 Å². The predicted octanol–water partition coefficient (Wildman–Crippen LogP) is 0.912. The highest BCUT2D eigenvalue weighted by Crippen LogP contribution is 2.35. The minimum absolute atomic E-state index is 0.0115. The van der Waals surface area contributed by atoms with Crippen molar-refractivity contribution in [3.05, 3.63) is 42.5 Å². The van der Waals surface area contributed by atoms with Gasteiger partial charge in [-0.2, -0.15) is 5.10 Å². The van der Waals surface area contributed by atoms with Gasteiger partial charge in [0, 0.05) is 5.56 Å².